The Kier molecular flexibility index (Phi) is 27.7. The molecular formula is C26H47N2NaO5. The summed E-state index contributed by atoms with van der Waals surface area (Å²) in [6.07, 6.45) is 19.2. The van der Waals surface area contributed by atoms with Gasteiger partial charge in [-0.2, -0.15) is 0 Å². The van der Waals surface area contributed by atoms with Crippen LogP contribution < -0.4 is 45.3 Å². The molecule has 0 radical (unpaired) electrons. The van der Waals surface area contributed by atoms with Gasteiger partial charge in [-0.15, -0.1) is 0 Å². The van der Waals surface area contributed by atoms with Crippen LogP contribution in [0.15, 0.2) is 0 Å². The molecule has 192 valence electrons. The molecule has 34 heavy (non-hydrogen) atoms. The van der Waals surface area contributed by atoms with E-state index in [0.717, 1.165) is 12.8 Å². The monoisotopic (exact) mass is 490 g/mol. The summed E-state index contributed by atoms with van der Waals surface area (Å²) in [7, 11) is 0. The Morgan fingerprint density at radius 2 is 1.26 bits per heavy atom. The van der Waals surface area contributed by atoms with Crippen LogP contribution in [-0.2, 0) is 19.2 Å². The number of carbonyl (C=O) groups excluding carboxylic acids is 4. The quantitative estimate of drug-likeness (QED) is 0.119. The van der Waals surface area contributed by atoms with Gasteiger partial charge in [0.2, 0.25) is 11.8 Å². The number of unbranched alkanes of at least 4 members (excludes halogenated alkanes) is 13. The fraction of sp³-hybridized carbons (Fsp3) is 0.846. The molecule has 1 unspecified atom stereocenters. The molecular weight excluding hydrogens is 443 g/mol. The Bertz CT molecular complexity index is 531. The fourth-order valence-corrected chi connectivity index (χ4v) is 3.80. The first-order valence-corrected chi connectivity index (χ1v) is 13.2. The minimum absolute atomic E-state index is 0. The molecule has 0 aliphatic rings. The number of carboxylic acid groups (broad SMARTS) is 1. The average molecular weight is 491 g/mol. The predicted molar refractivity (Wildman–Crippen MR) is 129 cm³/mol. The van der Waals surface area contributed by atoms with Crippen molar-refractivity contribution in [3.8, 4) is 0 Å². The van der Waals surface area contributed by atoms with Crippen LogP contribution in [0.5, 0.6) is 0 Å². The standard InChI is InChI=1S/C26H48N2O5.Na/c1-2-3-4-5-6-7-8-9-10-11-12-13-14-19-24(30)27-21-16-15-18-23(26(32)33)28-25(31)20-17-22-29;/h22-23H,2-21H2,1H3,(H,27,30)(H,28,31)(H,32,33);/q;+1/p-1. The molecule has 2 N–H and O–H groups in total. The smallest absolute Gasteiger partial charge is 0.548 e. The normalized spacial score (nSPS) is 11.3. The van der Waals surface area contributed by atoms with Gasteiger partial charge in [0.1, 0.15) is 6.29 Å². The van der Waals surface area contributed by atoms with Gasteiger partial charge in [0.25, 0.3) is 0 Å². The molecule has 0 saturated carbocycles. The Morgan fingerprint density at radius 1 is 0.735 bits per heavy atom. The molecule has 0 fully saturated rings. The molecule has 2 amide bonds. The second-order valence-electron chi connectivity index (χ2n) is 8.98. The van der Waals surface area contributed by atoms with Crippen LogP contribution in [0.4, 0.5) is 0 Å². The third-order valence-electron chi connectivity index (χ3n) is 5.86. The molecule has 8 heteroatoms. The maximum Gasteiger partial charge on any atom is 1.00 e. The SMILES string of the molecule is CCCCCCCCCCCCCCCC(=O)NCCCCC(NC(=O)CCC=O)C(=O)[O-].[Na+]. The van der Waals surface area contributed by atoms with Crippen LogP contribution in [-0.4, -0.2) is 36.7 Å². The number of carbonyl (C=O) groups is 4. The maximum absolute atomic E-state index is 11.9. The zero-order chi connectivity index (χ0) is 24.6. The topological polar surface area (TPSA) is 115 Å². The zero-order valence-electron chi connectivity index (χ0n) is 21.8. The first kappa shape index (κ1) is 35.2. The molecule has 0 aromatic heterocycles. The van der Waals surface area contributed by atoms with Gasteiger partial charge in [0, 0.05) is 25.8 Å². The molecule has 0 spiro atoms. The number of amides is 2. The number of carboxylic acids is 1. The van der Waals surface area contributed by atoms with E-state index in [1.807, 2.05) is 0 Å². The van der Waals surface area contributed by atoms with Crippen molar-refractivity contribution < 1.29 is 53.8 Å². The van der Waals surface area contributed by atoms with Crippen LogP contribution in [0, 0.1) is 0 Å². The van der Waals surface area contributed by atoms with Crippen LogP contribution in [0.1, 0.15) is 129 Å². The van der Waals surface area contributed by atoms with Crippen molar-refractivity contribution in [2.45, 2.75) is 135 Å². The number of nitrogens with one attached hydrogen (secondary N) is 2. The van der Waals surface area contributed by atoms with Crippen molar-refractivity contribution >= 4 is 24.1 Å². The fourth-order valence-electron chi connectivity index (χ4n) is 3.80. The molecule has 0 aromatic rings. The van der Waals surface area contributed by atoms with Crippen molar-refractivity contribution in [2.75, 3.05) is 6.54 Å². The van der Waals surface area contributed by atoms with E-state index in [2.05, 4.69) is 17.6 Å². The predicted octanol–water partition coefficient (Wildman–Crippen LogP) is 0.972. The Hall–Kier alpha value is -0.920. The zero-order valence-corrected chi connectivity index (χ0v) is 23.8. The van der Waals surface area contributed by atoms with Gasteiger partial charge in [-0.3, -0.25) is 9.59 Å². The van der Waals surface area contributed by atoms with E-state index in [1.54, 1.807) is 0 Å². The van der Waals surface area contributed by atoms with Crippen LogP contribution in [0.3, 0.4) is 0 Å². The van der Waals surface area contributed by atoms with Crippen LogP contribution in [0.2, 0.25) is 0 Å². The van der Waals surface area contributed by atoms with Crippen molar-refractivity contribution in [1.82, 2.24) is 10.6 Å². The number of aldehydes is 1. The Balaban J connectivity index is 0. The molecule has 0 aliphatic carbocycles. The van der Waals surface area contributed by atoms with E-state index in [9.17, 15) is 24.3 Å². The molecule has 0 rings (SSSR count). The Labute approximate surface area is 229 Å². The molecule has 0 heterocycles. The van der Waals surface area contributed by atoms with Crippen molar-refractivity contribution in [1.29, 1.82) is 0 Å². The summed E-state index contributed by atoms with van der Waals surface area (Å²) in [6, 6.07) is -1.06. The van der Waals surface area contributed by atoms with E-state index >= 15 is 0 Å². The largest absolute Gasteiger partial charge is 1.00 e. The molecule has 0 saturated heterocycles. The molecule has 0 aliphatic heterocycles. The summed E-state index contributed by atoms with van der Waals surface area (Å²) in [4.78, 5) is 44.8. The molecule has 0 aromatic carbocycles. The van der Waals surface area contributed by atoms with E-state index in [-0.39, 0.29) is 54.7 Å². The number of rotatable bonds is 24. The molecule has 7 nitrogen and oxygen atoms in total. The van der Waals surface area contributed by atoms with Gasteiger partial charge in [0.15, 0.2) is 0 Å². The van der Waals surface area contributed by atoms with E-state index < -0.39 is 17.9 Å². The summed E-state index contributed by atoms with van der Waals surface area (Å²) in [5.74, 6) is -1.76. The van der Waals surface area contributed by atoms with E-state index in [1.165, 1.54) is 70.6 Å². The van der Waals surface area contributed by atoms with Crippen LogP contribution in [0.25, 0.3) is 0 Å². The van der Waals surface area contributed by atoms with Crippen molar-refractivity contribution in [3.63, 3.8) is 0 Å². The van der Waals surface area contributed by atoms with E-state index in [0.29, 0.717) is 32.1 Å². The molecule has 1 atom stereocenters. The van der Waals surface area contributed by atoms with Crippen molar-refractivity contribution in [3.05, 3.63) is 0 Å². The van der Waals surface area contributed by atoms with Crippen LogP contribution >= 0.6 is 0 Å². The minimum Gasteiger partial charge on any atom is -0.548 e. The van der Waals surface area contributed by atoms with Gasteiger partial charge < -0.3 is 25.3 Å². The average Bonchev–Trinajstić information content (AvgIpc) is 2.79. The van der Waals surface area contributed by atoms with Gasteiger partial charge in [-0.1, -0.05) is 84.0 Å². The third-order valence-corrected chi connectivity index (χ3v) is 5.86. The Morgan fingerprint density at radius 3 is 1.76 bits per heavy atom. The summed E-state index contributed by atoms with van der Waals surface area (Å²) < 4.78 is 0. The number of aliphatic carboxylic acids is 1. The van der Waals surface area contributed by atoms with Gasteiger partial charge in [-0.25, -0.2) is 0 Å². The first-order chi connectivity index (χ1) is 16.0. The van der Waals surface area contributed by atoms with Gasteiger partial charge >= 0.3 is 29.6 Å². The summed E-state index contributed by atoms with van der Waals surface area (Å²) in [5, 5.41) is 16.4. The maximum atomic E-state index is 11.9. The second-order valence-corrected chi connectivity index (χ2v) is 8.98. The minimum atomic E-state index is -1.33. The number of hydrogen-bond acceptors (Lipinski definition) is 5. The van der Waals surface area contributed by atoms with Gasteiger partial charge in [-0.05, 0) is 25.7 Å². The van der Waals surface area contributed by atoms with Gasteiger partial charge in [0.05, 0.1) is 12.0 Å². The third kappa shape index (κ3) is 24.2. The first-order valence-electron chi connectivity index (χ1n) is 13.2. The summed E-state index contributed by atoms with van der Waals surface area (Å²) >= 11 is 0. The summed E-state index contributed by atoms with van der Waals surface area (Å²) in [6.45, 7) is 2.75. The van der Waals surface area contributed by atoms with E-state index in [4.69, 9.17) is 0 Å². The molecule has 0 bridgehead atoms. The van der Waals surface area contributed by atoms with Crippen molar-refractivity contribution in [2.24, 2.45) is 0 Å². The number of hydrogen-bond donors (Lipinski definition) is 2. The second kappa shape index (κ2) is 26.7. The summed E-state index contributed by atoms with van der Waals surface area (Å²) in [5.41, 5.74) is 0.